The summed E-state index contributed by atoms with van der Waals surface area (Å²) in [5.41, 5.74) is 0.934. The SMILES string of the molecule is Cc1cc(=O)n(C2CCCC2)c(C)n1. The van der Waals surface area contributed by atoms with Crippen molar-refractivity contribution in [1.82, 2.24) is 9.55 Å². The second-order valence-electron chi connectivity index (χ2n) is 4.09. The summed E-state index contributed by atoms with van der Waals surface area (Å²) >= 11 is 0. The molecule has 0 aromatic carbocycles. The third-order valence-electron chi connectivity index (χ3n) is 2.95. The Bertz CT molecular complexity index is 389. The van der Waals surface area contributed by atoms with Crippen LogP contribution in [0.4, 0.5) is 0 Å². The van der Waals surface area contributed by atoms with Crippen LogP contribution in [0.1, 0.15) is 43.2 Å². The maximum atomic E-state index is 11.8. The van der Waals surface area contributed by atoms with Crippen molar-refractivity contribution >= 4 is 0 Å². The molecule has 1 aromatic heterocycles. The molecule has 14 heavy (non-hydrogen) atoms. The Morgan fingerprint density at radius 1 is 1.36 bits per heavy atom. The van der Waals surface area contributed by atoms with Gasteiger partial charge in [0.05, 0.1) is 0 Å². The number of nitrogens with zero attached hydrogens (tertiary/aromatic N) is 2. The van der Waals surface area contributed by atoms with Crippen LogP contribution in [0.25, 0.3) is 0 Å². The van der Waals surface area contributed by atoms with Crippen LogP contribution in [0, 0.1) is 13.8 Å². The van der Waals surface area contributed by atoms with Crippen LogP contribution >= 0.6 is 0 Å². The van der Waals surface area contributed by atoms with Crippen molar-refractivity contribution in [3.63, 3.8) is 0 Å². The van der Waals surface area contributed by atoms with E-state index in [1.807, 2.05) is 18.4 Å². The predicted octanol–water partition coefficient (Wildman–Crippen LogP) is 1.98. The van der Waals surface area contributed by atoms with E-state index >= 15 is 0 Å². The lowest BCUT2D eigenvalue weighted by atomic mass is 10.2. The van der Waals surface area contributed by atoms with Crippen LogP contribution in [-0.2, 0) is 0 Å². The number of hydrogen-bond donors (Lipinski definition) is 0. The molecule has 0 aliphatic heterocycles. The van der Waals surface area contributed by atoms with Gasteiger partial charge >= 0.3 is 0 Å². The fourth-order valence-corrected chi connectivity index (χ4v) is 2.36. The minimum Gasteiger partial charge on any atom is -0.294 e. The van der Waals surface area contributed by atoms with E-state index in [9.17, 15) is 4.79 Å². The number of rotatable bonds is 1. The van der Waals surface area contributed by atoms with Gasteiger partial charge in [0.25, 0.3) is 5.56 Å². The average Bonchev–Trinajstić information content (AvgIpc) is 2.54. The highest BCUT2D eigenvalue weighted by Gasteiger charge is 2.19. The minimum atomic E-state index is 0.113. The quantitative estimate of drug-likeness (QED) is 0.682. The maximum Gasteiger partial charge on any atom is 0.253 e. The molecule has 0 atom stereocenters. The highest BCUT2D eigenvalue weighted by molar-refractivity contribution is 5.03. The van der Waals surface area contributed by atoms with Crippen LogP contribution in [-0.4, -0.2) is 9.55 Å². The Kier molecular flexibility index (Phi) is 2.40. The van der Waals surface area contributed by atoms with Gasteiger partial charge in [0, 0.05) is 17.8 Å². The zero-order valence-electron chi connectivity index (χ0n) is 8.79. The number of hydrogen-bond acceptors (Lipinski definition) is 2. The monoisotopic (exact) mass is 192 g/mol. The first kappa shape index (κ1) is 9.44. The van der Waals surface area contributed by atoms with Crippen LogP contribution in [0.3, 0.4) is 0 Å². The maximum absolute atomic E-state index is 11.8. The van der Waals surface area contributed by atoms with Gasteiger partial charge in [-0.15, -0.1) is 0 Å². The molecule has 0 N–H and O–H groups in total. The molecule has 1 aliphatic rings. The van der Waals surface area contributed by atoms with Gasteiger partial charge in [-0.2, -0.15) is 0 Å². The fourth-order valence-electron chi connectivity index (χ4n) is 2.36. The average molecular weight is 192 g/mol. The van der Waals surface area contributed by atoms with Crippen molar-refractivity contribution in [2.75, 3.05) is 0 Å². The predicted molar refractivity (Wildman–Crippen MR) is 55.5 cm³/mol. The lowest BCUT2D eigenvalue weighted by molar-refractivity contribution is 0.480. The van der Waals surface area contributed by atoms with Crippen molar-refractivity contribution in [1.29, 1.82) is 0 Å². The van der Waals surface area contributed by atoms with Crippen molar-refractivity contribution in [3.05, 3.63) is 27.9 Å². The first-order valence-corrected chi connectivity index (χ1v) is 5.25. The normalized spacial score (nSPS) is 17.6. The van der Waals surface area contributed by atoms with Crippen molar-refractivity contribution in [2.45, 2.75) is 45.6 Å². The summed E-state index contributed by atoms with van der Waals surface area (Å²) in [7, 11) is 0. The van der Waals surface area contributed by atoms with Gasteiger partial charge in [-0.1, -0.05) is 12.8 Å². The molecule has 1 aliphatic carbocycles. The van der Waals surface area contributed by atoms with Gasteiger partial charge in [0.15, 0.2) is 0 Å². The third kappa shape index (κ3) is 1.59. The lowest BCUT2D eigenvalue weighted by Crippen LogP contribution is -2.26. The molecule has 3 nitrogen and oxygen atoms in total. The summed E-state index contributed by atoms with van der Waals surface area (Å²) < 4.78 is 1.86. The molecule has 1 saturated carbocycles. The molecule has 0 bridgehead atoms. The van der Waals surface area contributed by atoms with Gasteiger partial charge in [-0.25, -0.2) is 4.98 Å². The molecule has 0 spiro atoms. The lowest BCUT2D eigenvalue weighted by Gasteiger charge is -2.15. The van der Waals surface area contributed by atoms with E-state index in [1.165, 1.54) is 12.8 Å². The summed E-state index contributed by atoms with van der Waals surface area (Å²) in [5.74, 6) is 0.863. The van der Waals surface area contributed by atoms with Gasteiger partial charge in [0.2, 0.25) is 0 Å². The summed E-state index contributed by atoms with van der Waals surface area (Å²) in [5, 5.41) is 0. The highest BCUT2D eigenvalue weighted by atomic mass is 16.1. The Morgan fingerprint density at radius 3 is 2.57 bits per heavy atom. The third-order valence-corrected chi connectivity index (χ3v) is 2.95. The van der Waals surface area contributed by atoms with Crippen LogP contribution in [0.2, 0.25) is 0 Å². The molecule has 0 radical (unpaired) electrons. The molecule has 1 fully saturated rings. The summed E-state index contributed by atoms with van der Waals surface area (Å²) in [6, 6.07) is 2.03. The molecule has 0 unspecified atom stereocenters. The van der Waals surface area contributed by atoms with Gasteiger partial charge in [-0.05, 0) is 26.7 Å². The van der Waals surface area contributed by atoms with Crippen LogP contribution in [0.5, 0.6) is 0 Å². The first-order chi connectivity index (χ1) is 6.68. The first-order valence-electron chi connectivity index (χ1n) is 5.25. The zero-order chi connectivity index (χ0) is 10.1. The van der Waals surface area contributed by atoms with Crippen molar-refractivity contribution in [3.8, 4) is 0 Å². The molecular formula is C11H16N2O. The molecule has 1 heterocycles. The summed E-state index contributed by atoms with van der Waals surface area (Å²) in [6.07, 6.45) is 4.74. The second-order valence-corrected chi connectivity index (χ2v) is 4.09. The van der Waals surface area contributed by atoms with E-state index in [1.54, 1.807) is 6.07 Å². The topological polar surface area (TPSA) is 34.9 Å². The Hall–Kier alpha value is -1.12. The van der Waals surface area contributed by atoms with Crippen LogP contribution < -0.4 is 5.56 Å². The molecule has 2 rings (SSSR count). The number of aromatic nitrogens is 2. The van der Waals surface area contributed by atoms with Gasteiger partial charge in [-0.3, -0.25) is 9.36 Å². The van der Waals surface area contributed by atoms with E-state index < -0.39 is 0 Å². The van der Waals surface area contributed by atoms with Crippen molar-refractivity contribution < 1.29 is 0 Å². The summed E-state index contributed by atoms with van der Waals surface area (Å²) in [6.45, 7) is 3.79. The molecule has 3 heteroatoms. The molecule has 0 amide bonds. The van der Waals surface area contributed by atoms with Crippen LogP contribution in [0.15, 0.2) is 10.9 Å². The summed E-state index contributed by atoms with van der Waals surface area (Å²) in [4.78, 5) is 16.1. The molecule has 1 aromatic rings. The molecule has 76 valence electrons. The van der Waals surface area contributed by atoms with Crippen molar-refractivity contribution in [2.24, 2.45) is 0 Å². The fraction of sp³-hybridized carbons (Fsp3) is 0.636. The Balaban J connectivity index is 2.46. The standard InChI is InChI=1S/C11H16N2O/c1-8-7-11(14)13(9(2)12-8)10-5-3-4-6-10/h7,10H,3-6H2,1-2H3. The Labute approximate surface area is 83.8 Å². The van der Waals surface area contributed by atoms with Gasteiger partial charge in [0.1, 0.15) is 5.82 Å². The zero-order valence-corrected chi connectivity index (χ0v) is 8.79. The highest BCUT2D eigenvalue weighted by Crippen LogP contribution is 2.28. The van der Waals surface area contributed by atoms with E-state index in [2.05, 4.69) is 4.98 Å². The Morgan fingerprint density at radius 2 is 2.00 bits per heavy atom. The van der Waals surface area contributed by atoms with E-state index in [4.69, 9.17) is 0 Å². The number of aryl methyl sites for hydroxylation is 2. The van der Waals surface area contributed by atoms with Gasteiger partial charge < -0.3 is 0 Å². The van der Waals surface area contributed by atoms with E-state index in [0.717, 1.165) is 24.4 Å². The molecule has 0 saturated heterocycles. The second kappa shape index (κ2) is 3.56. The largest absolute Gasteiger partial charge is 0.294 e. The van der Waals surface area contributed by atoms with E-state index in [0.29, 0.717) is 6.04 Å². The smallest absolute Gasteiger partial charge is 0.253 e. The molecular weight excluding hydrogens is 176 g/mol. The van der Waals surface area contributed by atoms with E-state index in [-0.39, 0.29) is 5.56 Å². The minimum absolute atomic E-state index is 0.113.